The molecular formula is C22H28S2. The first-order chi connectivity index (χ1) is 11.7. The first kappa shape index (κ1) is 19.2. The van der Waals surface area contributed by atoms with Crippen molar-refractivity contribution in [1.29, 1.82) is 0 Å². The molecule has 2 heteroatoms. The van der Waals surface area contributed by atoms with Gasteiger partial charge in [-0.3, -0.25) is 0 Å². The van der Waals surface area contributed by atoms with E-state index >= 15 is 0 Å². The number of aryl methyl sites for hydroxylation is 2. The highest BCUT2D eigenvalue weighted by Crippen LogP contribution is 2.34. The van der Waals surface area contributed by atoms with E-state index in [1.165, 1.54) is 42.4 Å². The smallest absolute Gasteiger partial charge is 0.0255 e. The lowest BCUT2D eigenvalue weighted by atomic mass is 9.96. The van der Waals surface area contributed by atoms with Crippen molar-refractivity contribution in [2.24, 2.45) is 0 Å². The SMILES string of the molecule is CCCCc1ccc(CCCC)c(C(S)=C(S)c2ccccc2)c1. The molecule has 0 heterocycles. The molecule has 0 radical (unpaired) electrons. The maximum atomic E-state index is 4.86. The molecule has 2 aromatic carbocycles. The van der Waals surface area contributed by atoms with Gasteiger partial charge in [0.05, 0.1) is 0 Å². The van der Waals surface area contributed by atoms with Crippen LogP contribution >= 0.6 is 25.3 Å². The van der Waals surface area contributed by atoms with E-state index in [1.54, 1.807) is 0 Å². The molecule has 0 aliphatic rings. The van der Waals surface area contributed by atoms with Gasteiger partial charge in [0.15, 0.2) is 0 Å². The summed E-state index contributed by atoms with van der Waals surface area (Å²) in [6, 6.07) is 17.2. The van der Waals surface area contributed by atoms with Crippen LogP contribution in [0.1, 0.15) is 61.8 Å². The summed E-state index contributed by atoms with van der Waals surface area (Å²) in [5.74, 6) is 0. The standard InChI is InChI=1S/C22H28S2/c1-3-5-10-17-14-15-18(11-6-4-2)20(16-17)22(24)21(23)19-12-8-7-9-13-19/h7-9,12-16,23-24H,3-6,10-11H2,1-2H3. The maximum absolute atomic E-state index is 4.86. The molecule has 128 valence electrons. The minimum Gasteiger partial charge on any atom is -0.142 e. The van der Waals surface area contributed by atoms with Crippen molar-refractivity contribution in [1.82, 2.24) is 0 Å². The molecule has 0 spiro atoms. The minimum atomic E-state index is 0.948. The van der Waals surface area contributed by atoms with Gasteiger partial charge in [0.1, 0.15) is 0 Å². The molecule has 0 nitrogen and oxygen atoms in total. The summed E-state index contributed by atoms with van der Waals surface area (Å²) in [4.78, 5) is 1.93. The fraction of sp³-hybridized carbons (Fsp3) is 0.364. The molecule has 0 bridgehead atoms. The topological polar surface area (TPSA) is 0 Å². The minimum absolute atomic E-state index is 0.948. The molecule has 0 saturated carbocycles. The Bertz CT molecular complexity index is 672. The monoisotopic (exact) mass is 356 g/mol. The molecule has 0 aliphatic carbocycles. The lowest BCUT2D eigenvalue weighted by molar-refractivity contribution is 0.785. The molecule has 2 rings (SSSR count). The Balaban J connectivity index is 2.43. The molecule has 0 aromatic heterocycles. The Morgan fingerprint density at radius 2 is 1.46 bits per heavy atom. The largest absolute Gasteiger partial charge is 0.142 e. The van der Waals surface area contributed by atoms with Gasteiger partial charge in [-0.05, 0) is 47.9 Å². The number of unbranched alkanes of at least 4 members (excludes halogenated alkanes) is 2. The first-order valence-corrected chi connectivity index (χ1v) is 9.86. The lowest BCUT2D eigenvalue weighted by Gasteiger charge is -2.14. The second-order valence-corrected chi connectivity index (χ2v) is 7.16. The summed E-state index contributed by atoms with van der Waals surface area (Å²) in [6.45, 7) is 4.47. The van der Waals surface area contributed by atoms with E-state index in [-0.39, 0.29) is 0 Å². The zero-order valence-corrected chi connectivity index (χ0v) is 16.5. The molecular weight excluding hydrogens is 328 g/mol. The molecule has 0 saturated heterocycles. The van der Waals surface area contributed by atoms with Crippen LogP contribution in [0.3, 0.4) is 0 Å². The Kier molecular flexibility index (Phi) is 8.01. The second-order valence-electron chi connectivity index (χ2n) is 6.26. The molecule has 0 unspecified atom stereocenters. The van der Waals surface area contributed by atoms with Gasteiger partial charge < -0.3 is 0 Å². The van der Waals surface area contributed by atoms with E-state index in [1.807, 2.05) is 18.2 Å². The van der Waals surface area contributed by atoms with Gasteiger partial charge >= 0.3 is 0 Å². The molecule has 0 N–H and O–H groups in total. The highest BCUT2D eigenvalue weighted by atomic mass is 32.1. The third-order valence-electron chi connectivity index (χ3n) is 4.32. The Morgan fingerprint density at radius 3 is 2.12 bits per heavy atom. The number of hydrogen-bond acceptors (Lipinski definition) is 2. The Labute approximate surface area is 158 Å². The van der Waals surface area contributed by atoms with Crippen LogP contribution in [0.15, 0.2) is 48.5 Å². The van der Waals surface area contributed by atoms with Crippen LogP contribution in [0.4, 0.5) is 0 Å². The van der Waals surface area contributed by atoms with Crippen LogP contribution in [0.2, 0.25) is 0 Å². The normalized spacial score (nSPS) is 12.2. The molecule has 2 aromatic rings. The van der Waals surface area contributed by atoms with Crippen molar-refractivity contribution in [2.45, 2.75) is 52.4 Å². The van der Waals surface area contributed by atoms with Crippen molar-refractivity contribution in [3.05, 3.63) is 70.8 Å². The highest BCUT2D eigenvalue weighted by molar-refractivity contribution is 7.96. The molecule has 24 heavy (non-hydrogen) atoms. The third kappa shape index (κ3) is 5.19. The van der Waals surface area contributed by atoms with Gasteiger partial charge in [-0.15, -0.1) is 25.3 Å². The van der Waals surface area contributed by atoms with Crippen LogP contribution in [-0.4, -0.2) is 0 Å². The van der Waals surface area contributed by atoms with Crippen LogP contribution in [0.25, 0.3) is 9.81 Å². The molecule has 0 atom stereocenters. The van der Waals surface area contributed by atoms with Crippen molar-refractivity contribution < 1.29 is 0 Å². The highest BCUT2D eigenvalue weighted by Gasteiger charge is 2.11. The van der Waals surface area contributed by atoms with Gasteiger partial charge in [-0.1, -0.05) is 75.2 Å². The average molecular weight is 357 g/mol. The van der Waals surface area contributed by atoms with Gasteiger partial charge in [0, 0.05) is 9.81 Å². The maximum Gasteiger partial charge on any atom is 0.0255 e. The van der Waals surface area contributed by atoms with Crippen LogP contribution < -0.4 is 0 Å². The van der Waals surface area contributed by atoms with Gasteiger partial charge in [0.2, 0.25) is 0 Å². The van der Waals surface area contributed by atoms with E-state index in [4.69, 9.17) is 25.3 Å². The van der Waals surface area contributed by atoms with Crippen molar-refractivity contribution >= 4 is 35.1 Å². The van der Waals surface area contributed by atoms with Crippen molar-refractivity contribution in [3.8, 4) is 0 Å². The quantitative estimate of drug-likeness (QED) is 0.367. The number of thiol groups is 2. The van der Waals surface area contributed by atoms with Crippen LogP contribution in [-0.2, 0) is 12.8 Å². The average Bonchev–Trinajstić information content (AvgIpc) is 2.64. The van der Waals surface area contributed by atoms with E-state index in [2.05, 4.69) is 44.2 Å². The molecule has 0 aliphatic heterocycles. The fourth-order valence-corrected chi connectivity index (χ4v) is 3.43. The van der Waals surface area contributed by atoms with Gasteiger partial charge in [0.25, 0.3) is 0 Å². The summed E-state index contributed by atoms with van der Waals surface area (Å²) in [7, 11) is 0. The molecule has 0 fully saturated rings. The Morgan fingerprint density at radius 1 is 0.792 bits per heavy atom. The Hall–Kier alpha value is -1.12. The summed E-state index contributed by atoms with van der Waals surface area (Å²) in [5.41, 5.74) is 5.14. The summed E-state index contributed by atoms with van der Waals surface area (Å²) in [6.07, 6.45) is 7.08. The van der Waals surface area contributed by atoms with E-state index in [0.29, 0.717) is 0 Å². The fourth-order valence-electron chi connectivity index (χ4n) is 2.83. The van der Waals surface area contributed by atoms with Crippen molar-refractivity contribution in [3.63, 3.8) is 0 Å². The van der Waals surface area contributed by atoms with Crippen LogP contribution in [0, 0.1) is 0 Å². The lowest BCUT2D eigenvalue weighted by Crippen LogP contribution is -1.96. The predicted molar refractivity (Wildman–Crippen MR) is 115 cm³/mol. The van der Waals surface area contributed by atoms with E-state index in [9.17, 15) is 0 Å². The van der Waals surface area contributed by atoms with E-state index in [0.717, 1.165) is 28.2 Å². The summed E-state index contributed by atoms with van der Waals surface area (Å²) in [5, 5.41) is 0. The van der Waals surface area contributed by atoms with Gasteiger partial charge in [-0.2, -0.15) is 0 Å². The van der Waals surface area contributed by atoms with Crippen molar-refractivity contribution in [2.75, 3.05) is 0 Å². The predicted octanol–water partition coefficient (Wildman–Crippen LogP) is 7.06. The van der Waals surface area contributed by atoms with Gasteiger partial charge in [-0.25, -0.2) is 0 Å². The number of benzene rings is 2. The zero-order chi connectivity index (χ0) is 17.4. The third-order valence-corrected chi connectivity index (χ3v) is 5.44. The number of hydrogen-bond donors (Lipinski definition) is 2. The summed E-state index contributed by atoms with van der Waals surface area (Å²) < 4.78 is 0. The molecule has 0 amide bonds. The number of rotatable bonds is 8. The second kappa shape index (κ2) is 10.0. The zero-order valence-electron chi connectivity index (χ0n) is 14.8. The first-order valence-electron chi connectivity index (χ1n) is 8.97. The van der Waals surface area contributed by atoms with Crippen LogP contribution in [0.5, 0.6) is 0 Å². The van der Waals surface area contributed by atoms with E-state index < -0.39 is 0 Å². The summed E-state index contributed by atoms with van der Waals surface area (Å²) >= 11 is 9.63.